The number of benzene rings is 1. The van der Waals surface area contributed by atoms with Gasteiger partial charge >= 0.3 is 5.97 Å². The van der Waals surface area contributed by atoms with Crippen LogP contribution < -0.4 is 4.90 Å². The van der Waals surface area contributed by atoms with E-state index in [9.17, 15) is 9.59 Å². The summed E-state index contributed by atoms with van der Waals surface area (Å²) in [4.78, 5) is 35.0. The van der Waals surface area contributed by atoms with Crippen molar-refractivity contribution >= 4 is 50.7 Å². The Morgan fingerprint density at radius 3 is 2.89 bits per heavy atom. The van der Waals surface area contributed by atoms with E-state index >= 15 is 0 Å². The predicted octanol–water partition coefficient (Wildman–Crippen LogP) is 5.68. The summed E-state index contributed by atoms with van der Waals surface area (Å²) in [7, 11) is 1.44. The first kappa shape index (κ1) is 23.7. The molecule has 1 amide bonds. The quantitative estimate of drug-likeness (QED) is 0.284. The number of para-hydroxylation sites is 1. The number of anilines is 1. The van der Waals surface area contributed by atoms with Crippen LogP contribution in [-0.2, 0) is 9.53 Å². The number of esters is 1. The summed E-state index contributed by atoms with van der Waals surface area (Å²) in [6, 6.07) is 13.3. The summed E-state index contributed by atoms with van der Waals surface area (Å²) >= 11 is 2.86. The van der Waals surface area contributed by atoms with Gasteiger partial charge in [0.2, 0.25) is 0 Å². The molecule has 1 aromatic carbocycles. The number of furan rings is 1. The Kier molecular flexibility index (Phi) is 7.26. The first-order valence-corrected chi connectivity index (χ1v) is 13.5. The fourth-order valence-electron chi connectivity index (χ4n) is 4.52. The maximum atomic E-state index is 13.4. The third kappa shape index (κ3) is 5.17. The van der Waals surface area contributed by atoms with Gasteiger partial charge in [0, 0.05) is 23.9 Å². The van der Waals surface area contributed by atoms with Crippen molar-refractivity contribution in [2.24, 2.45) is 0 Å². The molecule has 4 heterocycles. The highest BCUT2D eigenvalue weighted by Crippen LogP contribution is 2.32. The molecule has 4 aromatic rings. The standard InChI is InChI=1S/C26H27N3O4S2/c1-32-25(31)20-9-4-5-12-28(20)13-7-14-29(24(30)23-11-6-15-34-23)26-27-19(17-35-26)22-16-18-8-2-3-10-21(18)33-22/h2-3,6,8,10-11,15-17,20H,4-5,7,9,12-14H2,1H3. The Hall–Kier alpha value is -3.01. The van der Waals surface area contributed by atoms with E-state index in [4.69, 9.17) is 14.1 Å². The Labute approximate surface area is 211 Å². The van der Waals surface area contributed by atoms with Crippen LogP contribution in [0.2, 0.25) is 0 Å². The molecule has 1 unspecified atom stereocenters. The third-order valence-corrected chi connectivity index (χ3v) is 8.01. The van der Waals surface area contributed by atoms with E-state index in [1.54, 1.807) is 4.90 Å². The summed E-state index contributed by atoms with van der Waals surface area (Å²) < 4.78 is 11.0. The van der Waals surface area contributed by atoms with Crippen molar-refractivity contribution in [2.45, 2.75) is 31.7 Å². The highest BCUT2D eigenvalue weighted by molar-refractivity contribution is 7.14. The Balaban J connectivity index is 1.34. The van der Waals surface area contributed by atoms with Crippen LogP contribution in [-0.4, -0.2) is 54.5 Å². The molecule has 1 saturated heterocycles. The number of nitrogens with zero attached hydrogens (tertiary/aromatic N) is 3. The second-order valence-electron chi connectivity index (χ2n) is 8.52. The van der Waals surface area contributed by atoms with Gasteiger partial charge in [0.25, 0.3) is 5.91 Å². The minimum absolute atomic E-state index is 0.0614. The molecule has 9 heteroatoms. The van der Waals surface area contributed by atoms with E-state index < -0.39 is 0 Å². The number of rotatable bonds is 8. The van der Waals surface area contributed by atoms with E-state index in [1.165, 1.54) is 29.8 Å². The zero-order valence-corrected chi connectivity index (χ0v) is 21.1. The van der Waals surface area contributed by atoms with E-state index in [-0.39, 0.29) is 17.9 Å². The monoisotopic (exact) mass is 509 g/mol. The molecule has 3 aromatic heterocycles. The molecule has 5 rings (SSSR count). The molecule has 35 heavy (non-hydrogen) atoms. The molecule has 7 nitrogen and oxygen atoms in total. The van der Waals surface area contributed by atoms with Gasteiger partial charge in [0.1, 0.15) is 17.3 Å². The highest BCUT2D eigenvalue weighted by atomic mass is 32.1. The number of fused-ring (bicyclic) bond motifs is 1. The zero-order chi connectivity index (χ0) is 24.2. The molecule has 1 aliphatic heterocycles. The van der Waals surface area contributed by atoms with Gasteiger partial charge in [-0.2, -0.15) is 0 Å². The Bertz CT molecular complexity index is 1260. The number of carbonyl (C=O) groups excluding carboxylic acids is 2. The average molecular weight is 510 g/mol. The lowest BCUT2D eigenvalue weighted by atomic mass is 10.0. The molecule has 0 aliphatic carbocycles. The number of aromatic nitrogens is 1. The maximum absolute atomic E-state index is 13.4. The van der Waals surface area contributed by atoms with Crippen LogP contribution in [0.25, 0.3) is 22.4 Å². The second-order valence-corrected chi connectivity index (χ2v) is 10.3. The largest absolute Gasteiger partial charge is 0.468 e. The van der Waals surface area contributed by atoms with Gasteiger partial charge in [0.05, 0.1) is 12.0 Å². The lowest BCUT2D eigenvalue weighted by Crippen LogP contribution is -2.46. The number of amides is 1. The smallest absolute Gasteiger partial charge is 0.323 e. The predicted molar refractivity (Wildman–Crippen MR) is 139 cm³/mol. The number of hydrogen-bond acceptors (Lipinski definition) is 8. The fourth-order valence-corrected chi connectivity index (χ4v) is 6.03. The lowest BCUT2D eigenvalue weighted by Gasteiger charge is -2.34. The molecule has 0 radical (unpaired) electrons. The average Bonchev–Trinajstić information content (AvgIpc) is 3.66. The zero-order valence-electron chi connectivity index (χ0n) is 19.5. The summed E-state index contributed by atoms with van der Waals surface area (Å²) in [5.74, 6) is 0.451. The van der Waals surface area contributed by atoms with Crippen LogP contribution in [0.5, 0.6) is 0 Å². The van der Waals surface area contributed by atoms with Crippen molar-refractivity contribution in [1.82, 2.24) is 9.88 Å². The topological polar surface area (TPSA) is 75.9 Å². The molecule has 182 valence electrons. The van der Waals surface area contributed by atoms with Crippen LogP contribution in [0.1, 0.15) is 35.4 Å². The van der Waals surface area contributed by atoms with E-state index in [2.05, 4.69) is 4.90 Å². The summed E-state index contributed by atoms with van der Waals surface area (Å²) in [5.41, 5.74) is 1.53. The first-order valence-electron chi connectivity index (χ1n) is 11.8. The van der Waals surface area contributed by atoms with E-state index in [0.717, 1.165) is 49.7 Å². The SMILES string of the molecule is COC(=O)C1CCCCN1CCCN(C(=O)c1cccs1)c1nc(-c2cc3ccccc3o2)cs1. The molecule has 0 saturated carbocycles. The van der Waals surface area contributed by atoms with Crippen molar-refractivity contribution in [3.8, 4) is 11.5 Å². The Morgan fingerprint density at radius 2 is 2.09 bits per heavy atom. The van der Waals surface area contributed by atoms with Crippen LogP contribution in [0.15, 0.2) is 57.6 Å². The van der Waals surface area contributed by atoms with Crippen molar-refractivity contribution < 1.29 is 18.7 Å². The van der Waals surface area contributed by atoms with Gasteiger partial charge in [-0.05, 0) is 49.4 Å². The number of piperidine rings is 1. The minimum Gasteiger partial charge on any atom is -0.468 e. The molecular formula is C26H27N3O4S2. The third-order valence-electron chi connectivity index (χ3n) is 6.29. The lowest BCUT2D eigenvalue weighted by molar-refractivity contribution is -0.148. The van der Waals surface area contributed by atoms with Gasteiger partial charge in [-0.3, -0.25) is 19.4 Å². The van der Waals surface area contributed by atoms with Gasteiger partial charge in [-0.15, -0.1) is 22.7 Å². The van der Waals surface area contributed by atoms with Gasteiger partial charge in [-0.1, -0.05) is 30.7 Å². The summed E-state index contributed by atoms with van der Waals surface area (Å²) in [5, 5.41) is 5.49. The van der Waals surface area contributed by atoms with Crippen molar-refractivity contribution in [3.05, 3.63) is 58.1 Å². The van der Waals surface area contributed by atoms with Crippen molar-refractivity contribution in [2.75, 3.05) is 31.6 Å². The normalized spacial score (nSPS) is 16.4. The van der Waals surface area contributed by atoms with E-state index in [0.29, 0.717) is 28.0 Å². The minimum atomic E-state index is -0.199. The number of ether oxygens (including phenoxy) is 1. The molecule has 0 N–H and O–H groups in total. The number of thiophene rings is 1. The Morgan fingerprint density at radius 1 is 1.20 bits per heavy atom. The number of carbonyl (C=O) groups is 2. The van der Waals surface area contributed by atoms with Crippen LogP contribution >= 0.6 is 22.7 Å². The fraction of sp³-hybridized carbons (Fsp3) is 0.346. The van der Waals surface area contributed by atoms with Crippen LogP contribution in [0, 0.1) is 0 Å². The van der Waals surface area contributed by atoms with Gasteiger partial charge in [-0.25, -0.2) is 4.98 Å². The summed E-state index contributed by atoms with van der Waals surface area (Å²) in [6.45, 7) is 2.09. The molecule has 0 bridgehead atoms. The number of likely N-dealkylation sites (tertiary alicyclic amines) is 1. The van der Waals surface area contributed by atoms with Crippen molar-refractivity contribution in [3.63, 3.8) is 0 Å². The van der Waals surface area contributed by atoms with E-state index in [1.807, 2.05) is 53.2 Å². The van der Waals surface area contributed by atoms with Gasteiger partial charge < -0.3 is 9.15 Å². The summed E-state index contributed by atoms with van der Waals surface area (Å²) in [6.07, 6.45) is 3.64. The van der Waals surface area contributed by atoms with Crippen molar-refractivity contribution in [1.29, 1.82) is 0 Å². The molecule has 1 fully saturated rings. The first-order chi connectivity index (χ1) is 17.1. The molecule has 1 aliphatic rings. The molecular weight excluding hydrogens is 482 g/mol. The molecule has 0 spiro atoms. The second kappa shape index (κ2) is 10.7. The number of hydrogen-bond donors (Lipinski definition) is 0. The number of methoxy groups -OCH3 is 1. The van der Waals surface area contributed by atoms with Gasteiger partial charge in [0.15, 0.2) is 10.9 Å². The molecule has 1 atom stereocenters. The number of thiazole rings is 1. The van der Waals surface area contributed by atoms with Crippen LogP contribution in [0.4, 0.5) is 5.13 Å². The maximum Gasteiger partial charge on any atom is 0.323 e. The van der Waals surface area contributed by atoms with Crippen LogP contribution in [0.3, 0.4) is 0 Å². The highest BCUT2D eigenvalue weighted by Gasteiger charge is 2.30.